The molecule has 0 saturated heterocycles. The van der Waals surface area contributed by atoms with E-state index in [-0.39, 0.29) is 0 Å². The van der Waals surface area contributed by atoms with Gasteiger partial charge in [-0.05, 0) is 30.3 Å². The molecule has 0 aliphatic heterocycles. The van der Waals surface area contributed by atoms with Crippen molar-refractivity contribution >= 4 is 10.2 Å². The summed E-state index contributed by atoms with van der Waals surface area (Å²) in [4.78, 5) is 0. The van der Waals surface area contributed by atoms with E-state index in [2.05, 4.69) is 40.9 Å². The molecule has 1 saturated carbocycles. The molecule has 0 amide bonds. The van der Waals surface area contributed by atoms with Crippen LogP contribution in [-0.2, 0) is 0 Å². The maximum absolute atomic E-state index is 6.40. The van der Waals surface area contributed by atoms with Gasteiger partial charge in [-0.2, -0.15) is 10.2 Å². The molecule has 0 aromatic carbocycles. The molecule has 1 nitrogen and oxygen atoms in total. The van der Waals surface area contributed by atoms with Crippen LogP contribution in [0, 0.1) is 11.3 Å². The highest BCUT2D eigenvalue weighted by atomic mass is 32.3. The highest BCUT2D eigenvalue weighted by Gasteiger charge is 2.69. The molecule has 2 N–H and O–H groups in total. The van der Waals surface area contributed by atoms with E-state index in [9.17, 15) is 0 Å². The molecule has 1 aliphatic carbocycles. The maximum Gasteiger partial charge on any atom is 0.0169 e. The molecule has 0 heterocycles. The van der Waals surface area contributed by atoms with Gasteiger partial charge in [-0.25, -0.2) is 0 Å². The molecular weight excluding hydrogens is 166 g/mol. The minimum atomic E-state index is -0.881. The summed E-state index contributed by atoms with van der Waals surface area (Å²) >= 11 is 0. The van der Waals surface area contributed by atoms with Gasteiger partial charge in [0.1, 0.15) is 0 Å². The van der Waals surface area contributed by atoms with E-state index in [0.717, 1.165) is 11.7 Å². The van der Waals surface area contributed by atoms with Crippen LogP contribution in [0.15, 0.2) is 0 Å². The van der Waals surface area contributed by atoms with Crippen molar-refractivity contribution in [1.29, 1.82) is 0 Å². The minimum Gasteiger partial charge on any atom is -0.294 e. The Kier molecular flexibility index (Phi) is 2.09. The van der Waals surface area contributed by atoms with Gasteiger partial charge in [0, 0.05) is 4.75 Å². The van der Waals surface area contributed by atoms with Crippen LogP contribution >= 0.6 is 10.2 Å². The van der Waals surface area contributed by atoms with Crippen LogP contribution in [0.4, 0.5) is 0 Å². The van der Waals surface area contributed by atoms with E-state index in [4.69, 9.17) is 5.14 Å². The summed E-state index contributed by atoms with van der Waals surface area (Å²) < 4.78 is 0.411. The minimum absolute atomic E-state index is 0.411. The van der Waals surface area contributed by atoms with E-state index in [1.807, 2.05) is 0 Å². The molecule has 0 bridgehead atoms. The second-order valence-corrected chi connectivity index (χ2v) is 8.74. The summed E-state index contributed by atoms with van der Waals surface area (Å²) in [5, 5.41) is 6.40. The van der Waals surface area contributed by atoms with Crippen LogP contribution in [0.1, 0.15) is 34.6 Å². The average Bonchev–Trinajstić information content (AvgIpc) is 2.36. The van der Waals surface area contributed by atoms with E-state index in [1.165, 1.54) is 0 Å². The third-order valence-corrected chi connectivity index (χ3v) is 8.69. The summed E-state index contributed by atoms with van der Waals surface area (Å²) in [6, 6.07) is 0. The van der Waals surface area contributed by atoms with Crippen molar-refractivity contribution in [3.63, 3.8) is 0 Å². The molecule has 0 radical (unpaired) electrons. The predicted molar refractivity (Wildman–Crippen MR) is 59.6 cm³/mol. The Morgan fingerprint density at radius 1 is 1.33 bits per heavy atom. The summed E-state index contributed by atoms with van der Waals surface area (Å²) in [7, 11) is -0.881. The Balaban J connectivity index is 2.92. The first-order valence-corrected chi connectivity index (χ1v) is 7.02. The van der Waals surface area contributed by atoms with Crippen LogP contribution in [0.2, 0.25) is 0 Å². The monoisotopic (exact) mass is 189 g/mol. The van der Waals surface area contributed by atoms with Crippen molar-refractivity contribution in [2.24, 2.45) is 16.5 Å². The highest BCUT2D eigenvalue weighted by molar-refractivity contribution is 8.32. The van der Waals surface area contributed by atoms with Gasteiger partial charge in [0.2, 0.25) is 0 Å². The Hall–Kier alpha value is 0.310. The lowest BCUT2D eigenvalue weighted by atomic mass is 10.1. The van der Waals surface area contributed by atoms with Gasteiger partial charge in [-0.1, -0.05) is 27.7 Å². The highest BCUT2D eigenvalue weighted by Crippen LogP contribution is 2.77. The van der Waals surface area contributed by atoms with Crippen LogP contribution < -0.4 is 5.14 Å². The van der Waals surface area contributed by atoms with Crippen LogP contribution in [0.3, 0.4) is 0 Å². The van der Waals surface area contributed by atoms with Gasteiger partial charge in [-0.15, -0.1) is 0 Å². The Morgan fingerprint density at radius 3 is 1.75 bits per heavy atom. The predicted octanol–water partition coefficient (Wildman–Crippen LogP) is 2.75. The first-order chi connectivity index (χ1) is 5.22. The smallest absolute Gasteiger partial charge is 0.0169 e. The normalized spacial score (nSPS) is 46.4. The molecule has 3 atom stereocenters. The second-order valence-electron chi connectivity index (χ2n) is 5.00. The zero-order chi connectivity index (χ0) is 9.78. The van der Waals surface area contributed by atoms with Gasteiger partial charge in [-0.3, -0.25) is 5.14 Å². The molecule has 0 spiro atoms. The second kappa shape index (κ2) is 2.42. The lowest BCUT2D eigenvalue weighted by Gasteiger charge is -2.40. The van der Waals surface area contributed by atoms with Gasteiger partial charge in [0.25, 0.3) is 0 Å². The lowest BCUT2D eigenvalue weighted by Crippen LogP contribution is -2.29. The zero-order valence-corrected chi connectivity index (χ0v) is 10.1. The lowest BCUT2D eigenvalue weighted by molar-refractivity contribution is 0.567. The summed E-state index contributed by atoms with van der Waals surface area (Å²) in [5.41, 5.74) is 0.460. The molecule has 1 rings (SSSR count). The van der Waals surface area contributed by atoms with Crippen LogP contribution in [0.25, 0.3) is 0 Å². The summed E-state index contributed by atoms with van der Waals surface area (Å²) in [6.07, 6.45) is 2.28. The Bertz CT molecular complexity index is 198. The third kappa shape index (κ3) is 0.912. The Labute approximate surface area is 78.6 Å². The van der Waals surface area contributed by atoms with Crippen LogP contribution in [-0.4, -0.2) is 16.8 Å². The maximum atomic E-state index is 6.40. The molecule has 0 aromatic heterocycles. The molecule has 12 heavy (non-hydrogen) atoms. The Morgan fingerprint density at radius 2 is 1.67 bits per heavy atom. The van der Waals surface area contributed by atoms with E-state index >= 15 is 0 Å². The van der Waals surface area contributed by atoms with Crippen molar-refractivity contribution in [2.75, 3.05) is 12.0 Å². The molecule has 3 unspecified atom stereocenters. The van der Waals surface area contributed by atoms with Crippen molar-refractivity contribution in [1.82, 2.24) is 0 Å². The van der Waals surface area contributed by atoms with E-state index in [1.54, 1.807) is 0 Å². The van der Waals surface area contributed by atoms with E-state index in [0.29, 0.717) is 10.2 Å². The van der Waals surface area contributed by atoms with Gasteiger partial charge < -0.3 is 0 Å². The van der Waals surface area contributed by atoms with Crippen molar-refractivity contribution < 1.29 is 0 Å². The largest absolute Gasteiger partial charge is 0.294 e. The number of hydrogen-bond acceptors (Lipinski definition) is 1. The van der Waals surface area contributed by atoms with Crippen molar-refractivity contribution in [2.45, 2.75) is 39.4 Å². The first-order valence-electron chi connectivity index (χ1n) is 4.75. The molecule has 2 heteroatoms. The van der Waals surface area contributed by atoms with Crippen LogP contribution in [0.5, 0.6) is 0 Å². The standard InChI is InChI=1S/C10H23NS/c1-7-12(6,11)10(5)8(2)9(10,3)4/h8H,7,11H2,1-6H3. The van der Waals surface area contributed by atoms with Gasteiger partial charge in [0.15, 0.2) is 0 Å². The zero-order valence-electron chi connectivity index (χ0n) is 9.27. The van der Waals surface area contributed by atoms with Crippen molar-refractivity contribution in [3.05, 3.63) is 0 Å². The molecule has 0 aromatic rings. The van der Waals surface area contributed by atoms with Gasteiger partial charge >= 0.3 is 0 Å². The quantitative estimate of drug-likeness (QED) is 0.710. The molecular formula is C10H23NS. The molecule has 74 valence electrons. The number of rotatable bonds is 2. The summed E-state index contributed by atoms with van der Waals surface area (Å²) in [5.74, 6) is 1.94. The summed E-state index contributed by atoms with van der Waals surface area (Å²) in [6.45, 7) is 11.6. The number of hydrogen-bond donors (Lipinski definition) is 1. The van der Waals surface area contributed by atoms with Crippen molar-refractivity contribution in [3.8, 4) is 0 Å². The first kappa shape index (κ1) is 10.4. The fourth-order valence-electron chi connectivity index (χ4n) is 2.53. The topological polar surface area (TPSA) is 26.0 Å². The van der Waals surface area contributed by atoms with Gasteiger partial charge in [0.05, 0.1) is 0 Å². The number of nitrogens with two attached hydrogens (primary N) is 1. The molecule has 1 aliphatic rings. The third-order valence-electron chi connectivity index (χ3n) is 4.67. The van der Waals surface area contributed by atoms with E-state index < -0.39 is 10.2 Å². The molecule has 1 fully saturated rings. The fraction of sp³-hybridized carbons (Fsp3) is 1.00. The fourth-order valence-corrected chi connectivity index (χ4v) is 5.55. The average molecular weight is 189 g/mol. The SMILES string of the molecule is CCS(C)(N)C1(C)C(C)C1(C)C.